The van der Waals surface area contributed by atoms with Crippen LogP contribution in [-0.2, 0) is 14.0 Å². The van der Waals surface area contributed by atoms with Gasteiger partial charge in [0, 0.05) is 14.2 Å². The average Bonchev–Trinajstić information content (AvgIpc) is 1.90. The van der Waals surface area contributed by atoms with Gasteiger partial charge in [-0.3, -0.25) is 4.57 Å². The highest BCUT2D eigenvalue weighted by Gasteiger charge is 2.11. The third-order valence-electron chi connectivity index (χ3n) is 0.983. The molecule has 0 saturated carbocycles. The van der Waals surface area contributed by atoms with Crippen molar-refractivity contribution >= 4 is 8.69 Å². The highest BCUT2D eigenvalue weighted by Crippen LogP contribution is 2.05. The summed E-state index contributed by atoms with van der Waals surface area (Å²) in [6, 6.07) is 0. The van der Waals surface area contributed by atoms with Gasteiger partial charge in [0.05, 0.1) is 0 Å². The highest BCUT2D eigenvalue weighted by atomic mass is 31.1. The van der Waals surface area contributed by atoms with Crippen LogP contribution in [0.25, 0.3) is 0 Å². The molecule has 0 spiro atoms. The molecule has 64 valence electrons. The second-order valence-corrected chi connectivity index (χ2v) is 2.12. The maximum absolute atomic E-state index is 8.57. The molecule has 0 aromatic rings. The fourth-order valence-corrected chi connectivity index (χ4v) is 0.0833. The summed E-state index contributed by atoms with van der Waals surface area (Å²) in [5, 5.41) is 0. The quantitative estimate of drug-likeness (QED) is 0.488. The van der Waals surface area contributed by atoms with Gasteiger partial charge in [-0.05, 0) is 13.8 Å². The largest absolute Gasteiger partial charge is 0.354 e. The summed E-state index contributed by atoms with van der Waals surface area (Å²) in [5.74, 6) is -0.417. The molecular formula is C5H15O4P. The molecule has 0 amide bonds. The number of hydrogen-bond acceptors (Lipinski definition) is 3. The molecule has 0 aromatic carbocycles. The van der Waals surface area contributed by atoms with Crippen LogP contribution in [0.5, 0.6) is 0 Å². The van der Waals surface area contributed by atoms with Crippen molar-refractivity contribution in [3.63, 3.8) is 0 Å². The van der Waals surface area contributed by atoms with Gasteiger partial charge in [0.1, 0.15) is 0 Å². The van der Waals surface area contributed by atoms with Gasteiger partial charge in [-0.25, -0.2) is 0 Å². The van der Waals surface area contributed by atoms with Gasteiger partial charge in [-0.2, -0.15) is 0 Å². The lowest BCUT2D eigenvalue weighted by atomic mass is 10.4. The molecule has 0 rings (SSSR count). The van der Waals surface area contributed by atoms with E-state index in [-0.39, 0.29) is 0 Å². The first-order valence-electron chi connectivity index (χ1n) is 2.72. The van der Waals surface area contributed by atoms with Crippen molar-refractivity contribution in [2.24, 2.45) is 0 Å². The van der Waals surface area contributed by atoms with E-state index in [1.54, 1.807) is 14.2 Å². The Balaban J connectivity index is 0. The fraction of sp³-hybridized carbons (Fsp3) is 1.00. The SMILES string of the molecule is COC(C)(C)OC.O=[PH2]O. The zero-order valence-electron chi connectivity index (χ0n) is 6.75. The van der Waals surface area contributed by atoms with Crippen LogP contribution in [0.3, 0.4) is 0 Å². The Labute approximate surface area is 62.4 Å². The Morgan fingerprint density at radius 2 is 1.50 bits per heavy atom. The number of rotatable bonds is 2. The molecule has 1 unspecified atom stereocenters. The van der Waals surface area contributed by atoms with Crippen LogP contribution in [0, 0.1) is 0 Å². The van der Waals surface area contributed by atoms with Crippen LogP contribution >= 0.6 is 8.69 Å². The molecule has 4 nitrogen and oxygen atoms in total. The first kappa shape index (κ1) is 12.8. The minimum absolute atomic E-state index is 0.417. The van der Waals surface area contributed by atoms with Crippen LogP contribution in [0.4, 0.5) is 0 Å². The van der Waals surface area contributed by atoms with E-state index >= 15 is 0 Å². The summed E-state index contributed by atoms with van der Waals surface area (Å²) in [5.41, 5.74) is 0. The summed E-state index contributed by atoms with van der Waals surface area (Å²) in [7, 11) is 1.73. The van der Waals surface area contributed by atoms with E-state index < -0.39 is 14.5 Å². The van der Waals surface area contributed by atoms with E-state index in [0.717, 1.165) is 0 Å². The summed E-state index contributed by atoms with van der Waals surface area (Å²) in [6.07, 6.45) is 0. The molecule has 1 N–H and O–H groups in total. The summed E-state index contributed by atoms with van der Waals surface area (Å²) < 4.78 is 18.3. The predicted molar refractivity (Wildman–Crippen MR) is 40.7 cm³/mol. The summed E-state index contributed by atoms with van der Waals surface area (Å²) >= 11 is 0. The predicted octanol–water partition coefficient (Wildman–Crippen LogP) is 0.665. The average molecular weight is 170 g/mol. The van der Waals surface area contributed by atoms with Crippen LogP contribution < -0.4 is 0 Å². The Bertz CT molecular complexity index is 77.7. The van der Waals surface area contributed by atoms with E-state index in [2.05, 4.69) is 0 Å². The van der Waals surface area contributed by atoms with Crippen LogP contribution in [0.2, 0.25) is 0 Å². The minimum atomic E-state index is -1.50. The molecule has 0 aliphatic carbocycles. The van der Waals surface area contributed by atoms with Crippen LogP contribution in [0.15, 0.2) is 0 Å². The van der Waals surface area contributed by atoms with Crippen molar-refractivity contribution in [1.82, 2.24) is 0 Å². The standard InChI is InChI=1S/C5H12O2.H3O2P/c1-5(2,6-3)7-4;1-3-2/h1-4H3;3H2,(H,1,2). The van der Waals surface area contributed by atoms with Gasteiger partial charge in [0.2, 0.25) is 0 Å². The molecule has 5 heteroatoms. The van der Waals surface area contributed by atoms with Gasteiger partial charge in [-0.15, -0.1) is 0 Å². The maximum atomic E-state index is 8.57. The molecule has 1 atom stereocenters. The third-order valence-corrected chi connectivity index (χ3v) is 0.983. The van der Waals surface area contributed by atoms with Gasteiger partial charge < -0.3 is 14.4 Å². The number of hydrogen-bond donors (Lipinski definition) is 1. The van der Waals surface area contributed by atoms with Gasteiger partial charge in [0.25, 0.3) is 0 Å². The molecule has 0 radical (unpaired) electrons. The van der Waals surface area contributed by atoms with Crippen molar-refractivity contribution in [2.45, 2.75) is 19.6 Å². The van der Waals surface area contributed by atoms with Gasteiger partial charge in [0.15, 0.2) is 14.5 Å². The Morgan fingerprint density at radius 1 is 1.30 bits per heavy atom. The van der Waals surface area contributed by atoms with Crippen molar-refractivity contribution in [3.8, 4) is 0 Å². The molecule has 0 fully saturated rings. The first-order valence-corrected chi connectivity index (χ1v) is 3.71. The lowest BCUT2D eigenvalue weighted by molar-refractivity contribution is -0.178. The molecule has 0 aliphatic rings. The zero-order valence-corrected chi connectivity index (χ0v) is 7.90. The van der Waals surface area contributed by atoms with E-state index in [0.29, 0.717) is 0 Å². The van der Waals surface area contributed by atoms with E-state index in [1.165, 1.54) is 0 Å². The summed E-state index contributed by atoms with van der Waals surface area (Å²) in [4.78, 5) is 7.10. The lowest BCUT2D eigenvalue weighted by Crippen LogP contribution is -2.24. The molecule has 0 heterocycles. The molecule has 10 heavy (non-hydrogen) atoms. The smallest absolute Gasteiger partial charge is 0.177 e. The number of ether oxygens (including phenoxy) is 2. The molecule has 0 aliphatic heterocycles. The maximum Gasteiger partial charge on any atom is 0.177 e. The Kier molecular flexibility index (Phi) is 9.21. The minimum Gasteiger partial charge on any atom is -0.354 e. The monoisotopic (exact) mass is 170 g/mol. The van der Waals surface area contributed by atoms with E-state index in [1.807, 2.05) is 13.8 Å². The van der Waals surface area contributed by atoms with Gasteiger partial charge in [-0.1, -0.05) is 0 Å². The summed E-state index contributed by atoms with van der Waals surface area (Å²) in [6.45, 7) is 3.71. The normalized spacial score (nSPS) is 11.3. The topological polar surface area (TPSA) is 55.8 Å². The molecular weight excluding hydrogens is 155 g/mol. The lowest BCUT2D eigenvalue weighted by Gasteiger charge is -2.19. The van der Waals surface area contributed by atoms with E-state index in [4.69, 9.17) is 18.9 Å². The highest BCUT2D eigenvalue weighted by molar-refractivity contribution is 7.16. The van der Waals surface area contributed by atoms with E-state index in [9.17, 15) is 0 Å². The molecule has 0 bridgehead atoms. The van der Waals surface area contributed by atoms with Crippen LogP contribution in [0.1, 0.15) is 13.8 Å². The van der Waals surface area contributed by atoms with Crippen LogP contribution in [-0.4, -0.2) is 24.9 Å². The third kappa shape index (κ3) is 11.0. The second kappa shape index (κ2) is 7.22. The zero-order chi connectivity index (χ0) is 8.62. The Morgan fingerprint density at radius 3 is 1.50 bits per heavy atom. The van der Waals surface area contributed by atoms with Gasteiger partial charge >= 0.3 is 0 Å². The van der Waals surface area contributed by atoms with Crippen molar-refractivity contribution in [1.29, 1.82) is 0 Å². The number of methoxy groups -OCH3 is 2. The second-order valence-electron chi connectivity index (χ2n) is 1.91. The van der Waals surface area contributed by atoms with Crippen molar-refractivity contribution in [3.05, 3.63) is 0 Å². The molecule has 0 saturated heterocycles. The molecule has 0 aromatic heterocycles. The van der Waals surface area contributed by atoms with Crippen molar-refractivity contribution < 1.29 is 18.9 Å². The fourth-order valence-electron chi connectivity index (χ4n) is 0.0833. The Hall–Kier alpha value is 0.110. The van der Waals surface area contributed by atoms with Crippen molar-refractivity contribution in [2.75, 3.05) is 14.2 Å². The first-order chi connectivity index (χ1) is 4.54.